The Morgan fingerprint density at radius 2 is 2.00 bits per heavy atom. The van der Waals surface area contributed by atoms with E-state index in [1.54, 1.807) is 0 Å². The molecule has 4 heteroatoms. The van der Waals surface area contributed by atoms with Crippen LogP contribution in [0, 0.1) is 0 Å². The molecule has 0 saturated carbocycles. The van der Waals surface area contributed by atoms with Crippen molar-refractivity contribution in [1.29, 1.82) is 0 Å². The number of benzene rings is 2. The fourth-order valence-corrected chi connectivity index (χ4v) is 2.70. The number of ether oxygens (including phenoxy) is 1. The average Bonchev–Trinajstić information content (AvgIpc) is 2.47. The van der Waals surface area contributed by atoms with Gasteiger partial charge in [0, 0.05) is 21.6 Å². The number of nitrogens with one attached hydrogen (secondary N) is 1. The SMILES string of the molecule is CCCNCc1c(Cl)cccc1OCc1cccc(Br)c1. The molecule has 0 atom stereocenters. The molecule has 0 aromatic heterocycles. The summed E-state index contributed by atoms with van der Waals surface area (Å²) in [7, 11) is 0. The van der Waals surface area contributed by atoms with Crippen molar-refractivity contribution in [3.8, 4) is 5.75 Å². The Morgan fingerprint density at radius 1 is 1.19 bits per heavy atom. The van der Waals surface area contributed by atoms with E-state index in [2.05, 4.69) is 34.2 Å². The van der Waals surface area contributed by atoms with Gasteiger partial charge < -0.3 is 10.1 Å². The molecule has 0 aliphatic rings. The molecule has 112 valence electrons. The molecule has 0 amide bonds. The van der Waals surface area contributed by atoms with Crippen LogP contribution >= 0.6 is 27.5 Å². The van der Waals surface area contributed by atoms with Gasteiger partial charge in [-0.1, -0.05) is 52.7 Å². The largest absolute Gasteiger partial charge is 0.489 e. The summed E-state index contributed by atoms with van der Waals surface area (Å²) in [5, 5.41) is 4.11. The van der Waals surface area contributed by atoms with Crippen LogP contribution < -0.4 is 10.1 Å². The fraction of sp³-hybridized carbons (Fsp3) is 0.294. The molecule has 0 bridgehead atoms. The Morgan fingerprint density at radius 3 is 2.76 bits per heavy atom. The molecule has 2 nitrogen and oxygen atoms in total. The molecule has 21 heavy (non-hydrogen) atoms. The third-order valence-electron chi connectivity index (χ3n) is 3.09. The molecule has 2 rings (SSSR count). The van der Waals surface area contributed by atoms with Gasteiger partial charge in [-0.25, -0.2) is 0 Å². The lowest BCUT2D eigenvalue weighted by atomic mass is 10.2. The summed E-state index contributed by atoms with van der Waals surface area (Å²) in [5.74, 6) is 0.839. The predicted molar refractivity (Wildman–Crippen MR) is 91.9 cm³/mol. The quantitative estimate of drug-likeness (QED) is 0.680. The molecule has 0 saturated heterocycles. The standard InChI is InChI=1S/C17H19BrClNO/c1-2-9-20-11-15-16(19)7-4-8-17(15)21-12-13-5-3-6-14(18)10-13/h3-8,10,20H,2,9,11-12H2,1H3. The van der Waals surface area contributed by atoms with Crippen LogP contribution in [0.15, 0.2) is 46.9 Å². The summed E-state index contributed by atoms with van der Waals surface area (Å²) in [6.07, 6.45) is 1.10. The Hall–Kier alpha value is -1.03. The molecule has 0 aliphatic carbocycles. The third-order valence-corrected chi connectivity index (χ3v) is 3.94. The topological polar surface area (TPSA) is 21.3 Å². The highest BCUT2D eigenvalue weighted by atomic mass is 79.9. The van der Waals surface area contributed by atoms with Gasteiger partial charge in [0.05, 0.1) is 0 Å². The maximum Gasteiger partial charge on any atom is 0.125 e. The highest BCUT2D eigenvalue weighted by Gasteiger charge is 2.08. The normalized spacial score (nSPS) is 10.6. The summed E-state index contributed by atoms with van der Waals surface area (Å²) in [6, 6.07) is 13.9. The lowest BCUT2D eigenvalue weighted by molar-refractivity contribution is 0.302. The van der Waals surface area contributed by atoms with E-state index < -0.39 is 0 Å². The van der Waals surface area contributed by atoms with E-state index >= 15 is 0 Å². The number of hydrogen-bond acceptors (Lipinski definition) is 2. The molecule has 0 unspecified atom stereocenters. The van der Waals surface area contributed by atoms with Crippen molar-refractivity contribution in [3.05, 3.63) is 63.1 Å². The predicted octanol–water partition coefficient (Wildman–Crippen LogP) is 5.18. The Kier molecular flexibility index (Phi) is 6.55. The van der Waals surface area contributed by atoms with Crippen molar-refractivity contribution in [1.82, 2.24) is 5.32 Å². The maximum atomic E-state index is 6.29. The third kappa shape index (κ3) is 5.03. The fourth-order valence-electron chi connectivity index (χ4n) is 2.02. The molecule has 0 radical (unpaired) electrons. The van der Waals surface area contributed by atoms with Crippen LogP contribution in [0.1, 0.15) is 24.5 Å². The Bertz CT molecular complexity index is 589. The summed E-state index contributed by atoms with van der Waals surface area (Å²) in [4.78, 5) is 0. The molecule has 0 spiro atoms. The van der Waals surface area contributed by atoms with Gasteiger partial charge in [0.1, 0.15) is 12.4 Å². The van der Waals surface area contributed by atoms with Gasteiger partial charge in [-0.2, -0.15) is 0 Å². The van der Waals surface area contributed by atoms with Crippen molar-refractivity contribution in [2.24, 2.45) is 0 Å². The summed E-state index contributed by atoms with van der Waals surface area (Å²) in [5.41, 5.74) is 2.14. The van der Waals surface area contributed by atoms with Crippen LogP contribution in [0.25, 0.3) is 0 Å². The van der Waals surface area contributed by atoms with Crippen LogP contribution in [0.2, 0.25) is 5.02 Å². The number of hydrogen-bond donors (Lipinski definition) is 1. The second kappa shape index (κ2) is 8.42. The van der Waals surface area contributed by atoms with E-state index in [1.165, 1.54) is 0 Å². The van der Waals surface area contributed by atoms with Gasteiger partial charge in [0.15, 0.2) is 0 Å². The van der Waals surface area contributed by atoms with Gasteiger partial charge >= 0.3 is 0 Å². The van der Waals surface area contributed by atoms with E-state index in [-0.39, 0.29) is 0 Å². The number of halogens is 2. The summed E-state index contributed by atoms with van der Waals surface area (Å²) < 4.78 is 7.00. The lowest BCUT2D eigenvalue weighted by Crippen LogP contribution is -2.15. The first-order valence-corrected chi connectivity index (χ1v) is 8.23. The van der Waals surface area contributed by atoms with Crippen molar-refractivity contribution in [2.75, 3.05) is 6.54 Å². The minimum atomic E-state index is 0.528. The van der Waals surface area contributed by atoms with E-state index in [1.807, 2.05) is 36.4 Å². The first kappa shape index (κ1) is 16.3. The summed E-state index contributed by atoms with van der Waals surface area (Å²) >= 11 is 9.76. The van der Waals surface area contributed by atoms with E-state index in [4.69, 9.17) is 16.3 Å². The van der Waals surface area contributed by atoms with E-state index in [0.717, 1.165) is 45.9 Å². The van der Waals surface area contributed by atoms with Crippen LogP contribution in [0.5, 0.6) is 5.75 Å². The molecular weight excluding hydrogens is 350 g/mol. The number of rotatable bonds is 7. The monoisotopic (exact) mass is 367 g/mol. The Labute approximate surface area is 139 Å². The molecule has 0 aliphatic heterocycles. The molecular formula is C17H19BrClNO. The van der Waals surface area contributed by atoms with Gasteiger partial charge in [-0.15, -0.1) is 0 Å². The molecule has 0 fully saturated rings. The molecule has 2 aromatic carbocycles. The van der Waals surface area contributed by atoms with Gasteiger partial charge in [-0.3, -0.25) is 0 Å². The van der Waals surface area contributed by atoms with Crippen molar-refractivity contribution in [2.45, 2.75) is 26.5 Å². The van der Waals surface area contributed by atoms with Crippen LogP contribution in [0.4, 0.5) is 0 Å². The highest BCUT2D eigenvalue weighted by Crippen LogP contribution is 2.27. The lowest BCUT2D eigenvalue weighted by Gasteiger charge is -2.14. The van der Waals surface area contributed by atoms with Crippen LogP contribution in [0.3, 0.4) is 0 Å². The first-order chi connectivity index (χ1) is 10.2. The average molecular weight is 369 g/mol. The van der Waals surface area contributed by atoms with Gasteiger partial charge in [-0.05, 0) is 42.8 Å². The molecule has 2 aromatic rings. The second-order valence-corrected chi connectivity index (χ2v) is 6.13. The second-order valence-electron chi connectivity index (χ2n) is 4.81. The zero-order chi connectivity index (χ0) is 15.1. The van der Waals surface area contributed by atoms with Gasteiger partial charge in [0.25, 0.3) is 0 Å². The van der Waals surface area contributed by atoms with E-state index in [0.29, 0.717) is 6.61 Å². The Balaban J connectivity index is 2.06. The minimum absolute atomic E-state index is 0.528. The van der Waals surface area contributed by atoms with Gasteiger partial charge in [0.2, 0.25) is 0 Å². The van der Waals surface area contributed by atoms with Crippen LogP contribution in [-0.2, 0) is 13.2 Å². The van der Waals surface area contributed by atoms with Crippen LogP contribution in [-0.4, -0.2) is 6.54 Å². The maximum absolute atomic E-state index is 6.29. The smallest absolute Gasteiger partial charge is 0.125 e. The molecule has 1 N–H and O–H groups in total. The molecule has 0 heterocycles. The van der Waals surface area contributed by atoms with Crippen molar-refractivity contribution in [3.63, 3.8) is 0 Å². The zero-order valence-corrected chi connectivity index (χ0v) is 14.4. The summed E-state index contributed by atoms with van der Waals surface area (Å²) in [6.45, 7) is 4.36. The minimum Gasteiger partial charge on any atom is -0.489 e. The first-order valence-electron chi connectivity index (χ1n) is 7.06. The zero-order valence-electron chi connectivity index (χ0n) is 12.0. The van der Waals surface area contributed by atoms with Crippen molar-refractivity contribution < 1.29 is 4.74 Å². The highest BCUT2D eigenvalue weighted by molar-refractivity contribution is 9.10. The van der Waals surface area contributed by atoms with E-state index in [9.17, 15) is 0 Å². The van der Waals surface area contributed by atoms with Crippen molar-refractivity contribution >= 4 is 27.5 Å².